The van der Waals surface area contributed by atoms with Crippen LogP contribution in [0.15, 0.2) is 0 Å². The molecule has 2 aliphatic rings. The van der Waals surface area contributed by atoms with Crippen LogP contribution < -0.4 is 5.32 Å². The SMILES string of the molecule is CCCC1CC(NCC2(O)CCCCC2)CCO1. The van der Waals surface area contributed by atoms with Gasteiger partial charge in [-0.1, -0.05) is 32.6 Å². The molecule has 106 valence electrons. The van der Waals surface area contributed by atoms with E-state index in [0.29, 0.717) is 12.1 Å². The summed E-state index contributed by atoms with van der Waals surface area (Å²) >= 11 is 0. The van der Waals surface area contributed by atoms with Crippen LogP contribution in [-0.2, 0) is 4.74 Å². The van der Waals surface area contributed by atoms with Crippen LogP contribution in [0.4, 0.5) is 0 Å². The van der Waals surface area contributed by atoms with Gasteiger partial charge in [0.15, 0.2) is 0 Å². The zero-order valence-corrected chi connectivity index (χ0v) is 11.8. The van der Waals surface area contributed by atoms with Crippen molar-refractivity contribution in [3.8, 4) is 0 Å². The van der Waals surface area contributed by atoms with Crippen LogP contribution in [0.25, 0.3) is 0 Å². The minimum atomic E-state index is -0.434. The zero-order valence-electron chi connectivity index (χ0n) is 11.8. The van der Waals surface area contributed by atoms with Crippen LogP contribution in [0.5, 0.6) is 0 Å². The Hall–Kier alpha value is -0.120. The van der Waals surface area contributed by atoms with Crippen molar-refractivity contribution < 1.29 is 9.84 Å². The molecular formula is C15H29NO2. The quantitative estimate of drug-likeness (QED) is 0.793. The number of hydrogen-bond acceptors (Lipinski definition) is 3. The standard InChI is InChI=1S/C15H29NO2/c1-2-6-14-11-13(7-10-18-14)16-12-15(17)8-4-3-5-9-15/h13-14,16-17H,2-12H2,1H3. The number of aliphatic hydroxyl groups is 1. The van der Waals surface area contributed by atoms with Gasteiger partial charge in [0.05, 0.1) is 11.7 Å². The Morgan fingerprint density at radius 3 is 2.78 bits per heavy atom. The summed E-state index contributed by atoms with van der Waals surface area (Å²) < 4.78 is 5.76. The van der Waals surface area contributed by atoms with E-state index in [9.17, 15) is 5.11 Å². The fraction of sp³-hybridized carbons (Fsp3) is 1.00. The maximum atomic E-state index is 10.5. The fourth-order valence-electron chi connectivity index (χ4n) is 3.31. The van der Waals surface area contributed by atoms with Gasteiger partial charge in [-0.2, -0.15) is 0 Å². The summed E-state index contributed by atoms with van der Waals surface area (Å²) in [5.41, 5.74) is -0.434. The first-order valence-electron chi connectivity index (χ1n) is 7.79. The van der Waals surface area contributed by atoms with Crippen LogP contribution in [0, 0.1) is 0 Å². The average Bonchev–Trinajstić information content (AvgIpc) is 2.38. The van der Waals surface area contributed by atoms with Crippen LogP contribution >= 0.6 is 0 Å². The van der Waals surface area contributed by atoms with Crippen molar-refractivity contribution in [3.05, 3.63) is 0 Å². The molecule has 3 heteroatoms. The normalized spacial score (nSPS) is 32.3. The predicted molar refractivity (Wildman–Crippen MR) is 73.7 cm³/mol. The molecule has 1 aliphatic heterocycles. The number of rotatable bonds is 5. The molecule has 0 bridgehead atoms. The lowest BCUT2D eigenvalue weighted by molar-refractivity contribution is -0.0217. The van der Waals surface area contributed by atoms with Crippen molar-refractivity contribution in [2.75, 3.05) is 13.2 Å². The zero-order chi connectivity index (χ0) is 12.8. The lowest BCUT2D eigenvalue weighted by Gasteiger charge is -2.36. The van der Waals surface area contributed by atoms with E-state index < -0.39 is 5.60 Å². The molecule has 0 aromatic rings. The van der Waals surface area contributed by atoms with Crippen molar-refractivity contribution in [2.45, 2.75) is 82.5 Å². The van der Waals surface area contributed by atoms with E-state index in [0.717, 1.165) is 38.8 Å². The first-order valence-corrected chi connectivity index (χ1v) is 7.79. The average molecular weight is 255 g/mol. The molecule has 18 heavy (non-hydrogen) atoms. The Bertz CT molecular complexity index is 237. The highest BCUT2D eigenvalue weighted by Crippen LogP contribution is 2.28. The maximum Gasteiger partial charge on any atom is 0.0771 e. The largest absolute Gasteiger partial charge is 0.389 e. The molecule has 2 N–H and O–H groups in total. The van der Waals surface area contributed by atoms with Gasteiger partial charge in [-0.25, -0.2) is 0 Å². The molecule has 1 saturated carbocycles. The highest BCUT2D eigenvalue weighted by atomic mass is 16.5. The van der Waals surface area contributed by atoms with E-state index >= 15 is 0 Å². The second kappa shape index (κ2) is 6.88. The third kappa shape index (κ3) is 4.22. The molecule has 0 amide bonds. The molecule has 1 saturated heterocycles. The van der Waals surface area contributed by atoms with E-state index in [-0.39, 0.29) is 0 Å². The summed E-state index contributed by atoms with van der Waals surface area (Å²) in [6, 6.07) is 0.543. The summed E-state index contributed by atoms with van der Waals surface area (Å²) in [6.07, 6.45) is 10.6. The number of nitrogens with one attached hydrogen (secondary N) is 1. The van der Waals surface area contributed by atoms with Gasteiger partial charge in [-0.05, 0) is 32.1 Å². The Kier molecular flexibility index (Phi) is 5.46. The lowest BCUT2D eigenvalue weighted by Crippen LogP contribution is -2.48. The minimum absolute atomic E-state index is 0.433. The predicted octanol–water partition coefficient (Wildman–Crippen LogP) is 2.62. The molecule has 3 nitrogen and oxygen atoms in total. The topological polar surface area (TPSA) is 41.5 Å². The van der Waals surface area contributed by atoms with Crippen molar-refractivity contribution in [3.63, 3.8) is 0 Å². The van der Waals surface area contributed by atoms with E-state index in [1.54, 1.807) is 0 Å². The van der Waals surface area contributed by atoms with Crippen LogP contribution in [0.2, 0.25) is 0 Å². The molecule has 1 aliphatic carbocycles. The van der Waals surface area contributed by atoms with Gasteiger partial charge >= 0.3 is 0 Å². The first-order chi connectivity index (χ1) is 8.72. The van der Waals surface area contributed by atoms with Gasteiger partial charge in [-0.3, -0.25) is 0 Å². The van der Waals surface area contributed by atoms with Gasteiger partial charge in [0.2, 0.25) is 0 Å². The van der Waals surface area contributed by atoms with Gasteiger partial charge in [-0.15, -0.1) is 0 Å². The van der Waals surface area contributed by atoms with E-state index in [4.69, 9.17) is 4.74 Å². The van der Waals surface area contributed by atoms with Gasteiger partial charge in [0, 0.05) is 19.2 Å². The third-order valence-electron chi connectivity index (χ3n) is 4.48. The smallest absolute Gasteiger partial charge is 0.0771 e. The van der Waals surface area contributed by atoms with Crippen LogP contribution in [0.1, 0.15) is 64.7 Å². The Morgan fingerprint density at radius 2 is 2.06 bits per heavy atom. The van der Waals surface area contributed by atoms with E-state index in [1.807, 2.05) is 0 Å². The summed E-state index contributed by atoms with van der Waals surface area (Å²) in [6.45, 7) is 3.86. The highest BCUT2D eigenvalue weighted by molar-refractivity contribution is 4.87. The molecule has 0 radical (unpaired) electrons. The Morgan fingerprint density at radius 1 is 1.28 bits per heavy atom. The first kappa shape index (κ1) is 14.3. The molecule has 0 aromatic heterocycles. The molecule has 1 heterocycles. The number of ether oxygens (including phenoxy) is 1. The van der Waals surface area contributed by atoms with E-state index in [1.165, 1.54) is 32.1 Å². The van der Waals surface area contributed by atoms with Crippen molar-refractivity contribution >= 4 is 0 Å². The van der Waals surface area contributed by atoms with E-state index in [2.05, 4.69) is 12.2 Å². The third-order valence-corrected chi connectivity index (χ3v) is 4.48. The Labute approximate surface area is 111 Å². The van der Waals surface area contributed by atoms with Crippen LogP contribution in [-0.4, -0.2) is 36.0 Å². The molecule has 2 fully saturated rings. The minimum Gasteiger partial charge on any atom is -0.389 e. The van der Waals surface area contributed by atoms with Crippen molar-refractivity contribution in [1.29, 1.82) is 0 Å². The van der Waals surface area contributed by atoms with Crippen molar-refractivity contribution in [2.24, 2.45) is 0 Å². The van der Waals surface area contributed by atoms with Crippen molar-refractivity contribution in [1.82, 2.24) is 5.32 Å². The second-order valence-corrected chi connectivity index (χ2v) is 6.17. The summed E-state index contributed by atoms with van der Waals surface area (Å²) in [5.74, 6) is 0. The summed E-state index contributed by atoms with van der Waals surface area (Å²) in [4.78, 5) is 0. The Balaban J connectivity index is 1.72. The molecule has 2 atom stereocenters. The monoisotopic (exact) mass is 255 g/mol. The lowest BCUT2D eigenvalue weighted by atomic mass is 9.84. The second-order valence-electron chi connectivity index (χ2n) is 6.17. The summed E-state index contributed by atoms with van der Waals surface area (Å²) in [7, 11) is 0. The van der Waals surface area contributed by atoms with Gasteiger partial charge in [0.25, 0.3) is 0 Å². The van der Waals surface area contributed by atoms with Gasteiger partial charge < -0.3 is 15.2 Å². The number of hydrogen-bond donors (Lipinski definition) is 2. The molecule has 0 spiro atoms. The molecule has 2 rings (SSSR count). The molecule has 0 aromatic carbocycles. The maximum absolute atomic E-state index is 10.5. The van der Waals surface area contributed by atoms with Crippen LogP contribution in [0.3, 0.4) is 0 Å². The molecule has 2 unspecified atom stereocenters. The fourth-order valence-corrected chi connectivity index (χ4v) is 3.31. The highest BCUT2D eigenvalue weighted by Gasteiger charge is 2.30. The molecular weight excluding hydrogens is 226 g/mol. The summed E-state index contributed by atoms with van der Waals surface area (Å²) in [5, 5.41) is 14.1. The van der Waals surface area contributed by atoms with Gasteiger partial charge in [0.1, 0.15) is 0 Å².